The minimum Gasteiger partial charge on any atom is -0.508 e. The van der Waals surface area contributed by atoms with Gasteiger partial charge < -0.3 is 20.2 Å². The molecule has 0 spiro atoms. The van der Waals surface area contributed by atoms with Gasteiger partial charge in [-0.05, 0) is 47.4 Å². The first-order valence-corrected chi connectivity index (χ1v) is 16.9. The summed E-state index contributed by atoms with van der Waals surface area (Å²) in [6.07, 6.45) is 1.22. The van der Waals surface area contributed by atoms with Crippen LogP contribution in [0.25, 0.3) is 10.9 Å². The van der Waals surface area contributed by atoms with Crippen LogP contribution in [0.1, 0.15) is 39.5 Å². The van der Waals surface area contributed by atoms with Gasteiger partial charge in [-0.25, -0.2) is 14.8 Å². The topological polar surface area (TPSA) is 131 Å². The first kappa shape index (κ1) is 33.5. The molecule has 2 N–H and O–H groups in total. The highest BCUT2D eigenvalue weighted by Gasteiger charge is 2.50. The maximum absolute atomic E-state index is 14.5. The second-order valence-corrected chi connectivity index (χ2v) is 13.1. The molecule has 12 nitrogen and oxygen atoms in total. The fraction of sp³-hybridized carbons (Fsp3) is 0.256. The van der Waals surface area contributed by atoms with Gasteiger partial charge in [-0.2, -0.15) is 5.10 Å². The summed E-state index contributed by atoms with van der Waals surface area (Å²) in [7, 11) is 1.70. The fourth-order valence-corrected chi connectivity index (χ4v) is 7.15. The van der Waals surface area contributed by atoms with Crippen molar-refractivity contribution in [2.45, 2.75) is 45.2 Å². The Bertz CT molecular complexity index is 2100. The number of benzene rings is 4. The highest BCUT2D eigenvalue weighted by atomic mass is 16.3. The van der Waals surface area contributed by atoms with Crippen LogP contribution in [0, 0.1) is 0 Å². The average molecular weight is 686 g/mol. The van der Waals surface area contributed by atoms with E-state index < -0.39 is 12.2 Å². The molecular weight excluding hydrogens is 646 g/mol. The van der Waals surface area contributed by atoms with E-state index in [0.717, 1.165) is 33.2 Å². The van der Waals surface area contributed by atoms with E-state index in [1.165, 1.54) is 0 Å². The van der Waals surface area contributed by atoms with Crippen LogP contribution < -0.4 is 5.32 Å². The van der Waals surface area contributed by atoms with Gasteiger partial charge in [0.05, 0.1) is 31.3 Å². The molecule has 0 aliphatic carbocycles. The van der Waals surface area contributed by atoms with Gasteiger partial charge >= 0.3 is 6.03 Å². The third-order valence-electron chi connectivity index (χ3n) is 9.66. The number of nitrogens with zero attached hydrogens (tertiary/aromatic N) is 6. The smallest absolute Gasteiger partial charge is 0.334 e. The SMILES string of the molecule is CC(=O)c1ccccc1Cn1ncc2c(CN3C[C@H]4N(C(=O)CN(C)N4C(=O)NCc4ccccc4)[C@@H](Cc4ccc(O)cc4)C3=O)cccc21. The van der Waals surface area contributed by atoms with Crippen LogP contribution in [0.3, 0.4) is 0 Å². The molecule has 2 aliphatic rings. The lowest BCUT2D eigenvalue weighted by Crippen LogP contribution is -2.76. The molecule has 0 radical (unpaired) electrons. The van der Waals surface area contributed by atoms with Crippen molar-refractivity contribution in [3.63, 3.8) is 0 Å². The van der Waals surface area contributed by atoms with Crippen LogP contribution in [-0.2, 0) is 35.6 Å². The van der Waals surface area contributed by atoms with Crippen molar-refractivity contribution in [3.8, 4) is 5.75 Å². The highest BCUT2D eigenvalue weighted by Crippen LogP contribution is 2.30. The molecule has 2 saturated heterocycles. The molecule has 0 saturated carbocycles. The van der Waals surface area contributed by atoms with Crippen molar-refractivity contribution >= 4 is 34.5 Å². The Labute approximate surface area is 295 Å². The van der Waals surface area contributed by atoms with E-state index in [1.54, 1.807) is 64.3 Å². The normalized spacial score (nSPS) is 17.9. The van der Waals surface area contributed by atoms with Crippen molar-refractivity contribution in [2.24, 2.45) is 0 Å². The number of aromatic hydroxyl groups is 1. The maximum atomic E-state index is 14.5. The number of fused-ring (bicyclic) bond motifs is 2. The number of aromatic nitrogens is 2. The van der Waals surface area contributed by atoms with Gasteiger partial charge in [-0.1, -0.05) is 78.9 Å². The summed E-state index contributed by atoms with van der Waals surface area (Å²) in [4.78, 5) is 57.6. The van der Waals surface area contributed by atoms with Gasteiger partial charge in [-0.15, -0.1) is 0 Å². The van der Waals surface area contributed by atoms with Gasteiger partial charge in [0.15, 0.2) is 5.78 Å². The number of ketones is 1. The summed E-state index contributed by atoms with van der Waals surface area (Å²) in [5.41, 5.74) is 4.92. The van der Waals surface area contributed by atoms with Crippen LogP contribution in [0.15, 0.2) is 103 Å². The first-order chi connectivity index (χ1) is 24.7. The van der Waals surface area contributed by atoms with Crippen molar-refractivity contribution < 1.29 is 24.3 Å². The largest absolute Gasteiger partial charge is 0.508 e. The number of carbonyl (C=O) groups is 4. The fourth-order valence-electron chi connectivity index (χ4n) is 7.15. The molecule has 2 fully saturated rings. The number of Topliss-reactive ketones (excluding diaryl/α,β-unsaturated/α-hetero) is 1. The van der Waals surface area contributed by atoms with Gasteiger partial charge in [0.2, 0.25) is 11.8 Å². The molecule has 7 rings (SSSR count). The standard InChI is InChI=1S/C39H39N7O5/c1-26(47)32-13-7-6-11-30(32)23-44-34-14-8-12-29(33(34)21-41-44)22-43-24-36-45(35(38(43)50)19-27-15-17-31(48)18-16-27)37(49)25-42(2)46(36)39(51)40-20-28-9-4-3-5-10-28/h3-18,21,35-36,48H,19-20,22-25H2,1-2H3,(H,40,51)/t35-,36-/m0/s1. The summed E-state index contributed by atoms with van der Waals surface area (Å²) in [6, 6.07) is 28.2. The molecule has 4 amide bonds. The maximum Gasteiger partial charge on any atom is 0.334 e. The van der Waals surface area contributed by atoms with Crippen LogP contribution in [0.2, 0.25) is 0 Å². The molecule has 0 unspecified atom stereocenters. The molecule has 4 aromatic carbocycles. The molecule has 260 valence electrons. The third kappa shape index (κ3) is 6.78. The minimum absolute atomic E-state index is 0.0168. The molecular formula is C39H39N7O5. The van der Waals surface area contributed by atoms with Gasteiger partial charge in [0.25, 0.3) is 0 Å². The number of hydrogen-bond donors (Lipinski definition) is 2. The molecule has 0 bridgehead atoms. The van der Waals surface area contributed by atoms with Crippen LogP contribution in [-0.4, -0.2) is 90.7 Å². The van der Waals surface area contributed by atoms with E-state index in [-0.39, 0.29) is 55.4 Å². The molecule has 3 heterocycles. The highest BCUT2D eigenvalue weighted by molar-refractivity contribution is 5.95. The Hall–Kier alpha value is -6.01. The minimum atomic E-state index is -0.885. The number of likely N-dealkylation sites (N-methyl/N-ethyl adjacent to an activating group) is 1. The molecule has 2 aliphatic heterocycles. The van der Waals surface area contributed by atoms with Crippen molar-refractivity contribution in [3.05, 3.63) is 131 Å². The Morgan fingerprint density at radius 2 is 1.59 bits per heavy atom. The number of phenolic OH excluding ortho intramolecular Hbond substituents is 1. The number of hydrazine groups is 1. The molecule has 1 aromatic heterocycles. The number of nitrogens with one attached hydrogen (secondary N) is 1. The number of amides is 4. The Balaban J connectivity index is 1.21. The number of piperazine rings is 1. The summed E-state index contributed by atoms with van der Waals surface area (Å²) in [5.74, 6) is -0.400. The predicted octanol–water partition coefficient (Wildman–Crippen LogP) is 4.17. The first-order valence-electron chi connectivity index (χ1n) is 16.9. The number of carbonyl (C=O) groups excluding carboxylic acids is 4. The molecule has 12 heteroatoms. The van der Waals surface area contributed by atoms with E-state index in [2.05, 4.69) is 10.4 Å². The molecule has 2 atom stereocenters. The summed E-state index contributed by atoms with van der Waals surface area (Å²) in [6.45, 7) is 2.50. The van der Waals surface area contributed by atoms with E-state index in [4.69, 9.17) is 0 Å². The molecule has 5 aromatic rings. The second-order valence-electron chi connectivity index (χ2n) is 13.1. The Morgan fingerprint density at radius 3 is 2.35 bits per heavy atom. The number of rotatable bonds is 9. The van der Waals surface area contributed by atoms with Gasteiger partial charge in [0.1, 0.15) is 18.0 Å². The Kier molecular flexibility index (Phi) is 9.24. The zero-order valence-electron chi connectivity index (χ0n) is 28.5. The third-order valence-corrected chi connectivity index (χ3v) is 9.66. The van der Waals surface area contributed by atoms with Crippen molar-refractivity contribution in [1.82, 2.24) is 34.9 Å². The van der Waals surface area contributed by atoms with Crippen LogP contribution in [0.5, 0.6) is 5.75 Å². The predicted molar refractivity (Wildman–Crippen MR) is 190 cm³/mol. The van der Waals surface area contributed by atoms with Crippen molar-refractivity contribution in [2.75, 3.05) is 20.1 Å². The van der Waals surface area contributed by atoms with E-state index in [0.29, 0.717) is 18.7 Å². The van der Waals surface area contributed by atoms with E-state index in [9.17, 15) is 24.3 Å². The average Bonchev–Trinajstić information content (AvgIpc) is 3.54. The quantitative estimate of drug-likeness (QED) is 0.223. The number of urea groups is 1. The lowest BCUT2D eigenvalue weighted by Gasteiger charge is -2.54. The van der Waals surface area contributed by atoms with Gasteiger partial charge in [-0.3, -0.25) is 19.1 Å². The zero-order chi connectivity index (χ0) is 35.6. The zero-order valence-corrected chi connectivity index (χ0v) is 28.5. The van der Waals surface area contributed by atoms with Gasteiger partial charge in [0, 0.05) is 37.5 Å². The monoisotopic (exact) mass is 685 g/mol. The van der Waals surface area contributed by atoms with E-state index in [1.807, 2.05) is 77.5 Å². The summed E-state index contributed by atoms with van der Waals surface area (Å²) < 4.78 is 1.85. The van der Waals surface area contributed by atoms with E-state index >= 15 is 0 Å². The molecule has 51 heavy (non-hydrogen) atoms. The lowest BCUT2D eigenvalue weighted by molar-refractivity contribution is -0.187. The summed E-state index contributed by atoms with van der Waals surface area (Å²) in [5, 5.41) is 21.6. The number of hydrogen-bond acceptors (Lipinski definition) is 7. The second kappa shape index (κ2) is 14.1. The van der Waals surface area contributed by atoms with Crippen LogP contribution >= 0.6 is 0 Å². The van der Waals surface area contributed by atoms with Crippen LogP contribution in [0.4, 0.5) is 4.79 Å². The number of phenols is 1. The summed E-state index contributed by atoms with van der Waals surface area (Å²) >= 11 is 0. The lowest BCUT2D eigenvalue weighted by atomic mass is 9.98. The van der Waals surface area contributed by atoms with Crippen molar-refractivity contribution in [1.29, 1.82) is 0 Å². The Morgan fingerprint density at radius 1 is 0.863 bits per heavy atom.